The van der Waals surface area contributed by atoms with E-state index in [0.29, 0.717) is 6.42 Å². The van der Waals surface area contributed by atoms with Crippen LogP contribution < -0.4 is 4.74 Å². The average Bonchev–Trinajstić information content (AvgIpc) is 2.63. The number of rotatable bonds is 5. The van der Waals surface area contributed by atoms with Crippen LogP contribution in [-0.4, -0.2) is 49.0 Å². The van der Waals surface area contributed by atoms with Crippen molar-refractivity contribution in [2.45, 2.75) is 13.0 Å². The lowest BCUT2D eigenvalue weighted by Crippen LogP contribution is -2.48. The first kappa shape index (κ1) is 16.5. The third-order valence-electron chi connectivity index (χ3n) is 4.51. The van der Waals surface area contributed by atoms with Crippen molar-refractivity contribution in [2.75, 3.05) is 33.3 Å². The predicted octanol–water partition coefficient (Wildman–Crippen LogP) is 2.58. The molecule has 2 aromatic rings. The molecule has 126 valence electrons. The van der Waals surface area contributed by atoms with Crippen molar-refractivity contribution in [1.29, 1.82) is 0 Å². The highest BCUT2D eigenvalue weighted by Crippen LogP contribution is 2.19. The van der Waals surface area contributed by atoms with Crippen molar-refractivity contribution >= 4 is 5.91 Å². The van der Waals surface area contributed by atoms with Gasteiger partial charge >= 0.3 is 0 Å². The molecule has 1 heterocycles. The number of carbonyl (C=O) groups is 1. The quantitative estimate of drug-likeness (QED) is 0.847. The van der Waals surface area contributed by atoms with Crippen LogP contribution in [0, 0.1) is 0 Å². The molecule has 4 nitrogen and oxygen atoms in total. The summed E-state index contributed by atoms with van der Waals surface area (Å²) in [7, 11) is 1.64. The van der Waals surface area contributed by atoms with E-state index in [-0.39, 0.29) is 5.91 Å². The van der Waals surface area contributed by atoms with E-state index in [1.165, 1.54) is 5.56 Å². The Hall–Kier alpha value is -2.33. The van der Waals surface area contributed by atoms with E-state index in [1.54, 1.807) is 7.11 Å². The van der Waals surface area contributed by atoms with Gasteiger partial charge in [-0.2, -0.15) is 0 Å². The Kier molecular flexibility index (Phi) is 5.49. The van der Waals surface area contributed by atoms with Gasteiger partial charge in [0.2, 0.25) is 5.91 Å². The first-order chi connectivity index (χ1) is 11.8. The Balaban J connectivity index is 1.52. The normalized spacial score (nSPS) is 15.3. The fraction of sp³-hybridized carbons (Fsp3) is 0.350. The average molecular weight is 324 g/mol. The number of nitrogens with zero attached hydrogens (tertiary/aromatic N) is 2. The number of carbonyl (C=O) groups excluding carboxylic acids is 1. The van der Waals surface area contributed by atoms with Crippen LogP contribution in [0.25, 0.3) is 0 Å². The molecule has 0 spiro atoms. The van der Waals surface area contributed by atoms with Crippen molar-refractivity contribution in [3.63, 3.8) is 0 Å². The third-order valence-corrected chi connectivity index (χ3v) is 4.51. The lowest BCUT2D eigenvalue weighted by molar-refractivity contribution is -0.132. The van der Waals surface area contributed by atoms with Gasteiger partial charge in [-0.3, -0.25) is 9.69 Å². The summed E-state index contributed by atoms with van der Waals surface area (Å²) >= 11 is 0. The fourth-order valence-corrected chi connectivity index (χ4v) is 3.12. The second-order valence-electron chi connectivity index (χ2n) is 6.13. The number of methoxy groups -OCH3 is 1. The van der Waals surface area contributed by atoms with Gasteiger partial charge in [-0.1, -0.05) is 48.5 Å². The van der Waals surface area contributed by atoms with Gasteiger partial charge in [0.1, 0.15) is 5.75 Å². The van der Waals surface area contributed by atoms with Crippen molar-refractivity contribution in [1.82, 2.24) is 9.80 Å². The molecule has 2 aromatic carbocycles. The summed E-state index contributed by atoms with van der Waals surface area (Å²) in [5.41, 5.74) is 2.28. The van der Waals surface area contributed by atoms with Crippen LogP contribution in [0.15, 0.2) is 54.6 Å². The van der Waals surface area contributed by atoms with Crippen LogP contribution in [0.1, 0.15) is 11.1 Å². The fourth-order valence-electron chi connectivity index (χ4n) is 3.12. The molecule has 1 aliphatic rings. The van der Waals surface area contributed by atoms with E-state index in [4.69, 9.17) is 4.74 Å². The molecular formula is C20H24N2O2. The van der Waals surface area contributed by atoms with Crippen LogP contribution in [0.2, 0.25) is 0 Å². The molecule has 1 saturated heterocycles. The Bertz CT molecular complexity index is 664. The molecule has 0 N–H and O–H groups in total. The summed E-state index contributed by atoms with van der Waals surface area (Å²) in [6, 6.07) is 18.2. The summed E-state index contributed by atoms with van der Waals surface area (Å²) in [4.78, 5) is 16.9. The van der Waals surface area contributed by atoms with Crippen molar-refractivity contribution in [2.24, 2.45) is 0 Å². The summed E-state index contributed by atoms with van der Waals surface area (Å²) in [5, 5.41) is 0. The first-order valence-corrected chi connectivity index (χ1v) is 8.42. The van der Waals surface area contributed by atoms with Gasteiger partial charge in [-0.05, 0) is 11.6 Å². The minimum absolute atomic E-state index is 0.180. The van der Waals surface area contributed by atoms with Gasteiger partial charge < -0.3 is 9.64 Å². The number of hydrogen-bond acceptors (Lipinski definition) is 3. The predicted molar refractivity (Wildman–Crippen MR) is 95.0 cm³/mol. The second kappa shape index (κ2) is 7.97. The number of para-hydroxylation sites is 1. The monoisotopic (exact) mass is 324 g/mol. The van der Waals surface area contributed by atoms with Crippen molar-refractivity contribution < 1.29 is 9.53 Å². The van der Waals surface area contributed by atoms with E-state index in [0.717, 1.165) is 44.0 Å². The van der Waals surface area contributed by atoms with Crippen LogP contribution in [-0.2, 0) is 17.8 Å². The number of piperazine rings is 1. The smallest absolute Gasteiger partial charge is 0.227 e. The minimum Gasteiger partial charge on any atom is -0.496 e. The van der Waals surface area contributed by atoms with Crippen molar-refractivity contribution in [3.8, 4) is 5.75 Å². The van der Waals surface area contributed by atoms with Crippen LogP contribution in [0.5, 0.6) is 5.75 Å². The van der Waals surface area contributed by atoms with Gasteiger partial charge in [-0.25, -0.2) is 0 Å². The Morgan fingerprint density at radius 2 is 1.62 bits per heavy atom. The van der Waals surface area contributed by atoms with Gasteiger partial charge in [0.05, 0.1) is 13.5 Å². The summed E-state index contributed by atoms with van der Waals surface area (Å²) in [5.74, 6) is 0.965. The number of ether oxygens (including phenoxy) is 1. The maximum absolute atomic E-state index is 12.6. The largest absolute Gasteiger partial charge is 0.496 e. The topological polar surface area (TPSA) is 32.8 Å². The molecular weight excluding hydrogens is 300 g/mol. The second-order valence-corrected chi connectivity index (χ2v) is 6.13. The lowest BCUT2D eigenvalue weighted by atomic mass is 10.1. The SMILES string of the molecule is COc1ccccc1CC(=O)N1CCN(Cc2ccccc2)CC1. The maximum Gasteiger partial charge on any atom is 0.227 e. The molecule has 1 aliphatic heterocycles. The molecule has 0 bridgehead atoms. The van der Waals surface area contributed by atoms with E-state index in [2.05, 4.69) is 29.2 Å². The zero-order valence-corrected chi connectivity index (χ0v) is 14.1. The molecule has 24 heavy (non-hydrogen) atoms. The molecule has 3 rings (SSSR count). The third kappa shape index (κ3) is 4.15. The summed E-state index contributed by atoms with van der Waals surface area (Å²) in [6.45, 7) is 4.39. The number of amides is 1. The Morgan fingerprint density at radius 3 is 2.33 bits per heavy atom. The summed E-state index contributed by atoms with van der Waals surface area (Å²) < 4.78 is 5.34. The molecule has 0 aromatic heterocycles. The highest BCUT2D eigenvalue weighted by Gasteiger charge is 2.21. The molecule has 4 heteroatoms. The maximum atomic E-state index is 12.6. The van der Waals surface area contributed by atoms with Crippen LogP contribution >= 0.6 is 0 Å². The van der Waals surface area contributed by atoms with Gasteiger partial charge in [0, 0.05) is 38.3 Å². The minimum atomic E-state index is 0.180. The molecule has 0 saturated carbocycles. The summed E-state index contributed by atoms with van der Waals surface area (Å²) in [6.07, 6.45) is 0.405. The van der Waals surface area contributed by atoms with E-state index < -0.39 is 0 Å². The van der Waals surface area contributed by atoms with Gasteiger partial charge in [0.15, 0.2) is 0 Å². The van der Waals surface area contributed by atoms with E-state index in [9.17, 15) is 4.79 Å². The Morgan fingerprint density at radius 1 is 0.958 bits per heavy atom. The van der Waals surface area contributed by atoms with Crippen LogP contribution in [0.4, 0.5) is 0 Å². The first-order valence-electron chi connectivity index (χ1n) is 8.42. The van der Waals surface area contributed by atoms with Gasteiger partial charge in [-0.15, -0.1) is 0 Å². The zero-order valence-electron chi connectivity index (χ0n) is 14.1. The molecule has 1 amide bonds. The molecule has 0 radical (unpaired) electrons. The molecule has 0 atom stereocenters. The van der Waals surface area contributed by atoms with Crippen LogP contribution in [0.3, 0.4) is 0 Å². The highest BCUT2D eigenvalue weighted by molar-refractivity contribution is 5.79. The van der Waals surface area contributed by atoms with Crippen molar-refractivity contribution in [3.05, 3.63) is 65.7 Å². The van der Waals surface area contributed by atoms with E-state index in [1.807, 2.05) is 35.2 Å². The zero-order chi connectivity index (χ0) is 16.8. The molecule has 1 fully saturated rings. The molecule has 0 aliphatic carbocycles. The van der Waals surface area contributed by atoms with E-state index >= 15 is 0 Å². The standard InChI is InChI=1S/C20H24N2O2/c1-24-19-10-6-5-9-18(19)15-20(23)22-13-11-21(12-14-22)16-17-7-3-2-4-8-17/h2-10H,11-16H2,1H3. The highest BCUT2D eigenvalue weighted by atomic mass is 16.5. The lowest BCUT2D eigenvalue weighted by Gasteiger charge is -2.35. The molecule has 0 unspecified atom stereocenters. The number of benzene rings is 2. The Labute approximate surface area is 143 Å². The van der Waals surface area contributed by atoms with Gasteiger partial charge in [0.25, 0.3) is 0 Å². The number of hydrogen-bond donors (Lipinski definition) is 0.